The number of rotatable bonds is 5. The number of benzene rings is 1. The number of nitrogens with zero attached hydrogens (tertiary/aromatic N) is 4. The van der Waals surface area contributed by atoms with Gasteiger partial charge in [-0.05, 0) is 48.9 Å². The summed E-state index contributed by atoms with van der Waals surface area (Å²) in [5.41, 5.74) is 5.61. The van der Waals surface area contributed by atoms with Crippen molar-refractivity contribution in [3.05, 3.63) is 72.3 Å². The second kappa shape index (κ2) is 8.59. The Morgan fingerprint density at radius 1 is 1.09 bits per heavy atom. The first-order chi connectivity index (χ1) is 15.6. The second-order valence-corrected chi connectivity index (χ2v) is 8.62. The van der Waals surface area contributed by atoms with Crippen LogP contribution in [0, 0.1) is 0 Å². The number of carbonyl (C=O) groups excluding carboxylic acids is 1. The van der Waals surface area contributed by atoms with Crippen LogP contribution in [0.4, 0.5) is 0 Å². The lowest BCUT2D eigenvalue weighted by Gasteiger charge is -2.26. The molecule has 0 spiro atoms. The van der Waals surface area contributed by atoms with Crippen molar-refractivity contribution in [3.8, 4) is 11.1 Å². The second-order valence-electron chi connectivity index (χ2n) is 8.62. The van der Waals surface area contributed by atoms with Crippen LogP contribution in [0.2, 0.25) is 0 Å². The van der Waals surface area contributed by atoms with E-state index in [1.54, 1.807) is 10.9 Å². The Kier molecular flexibility index (Phi) is 5.49. The molecule has 3 aromatic heterocycles. The highest BCUT2D eigenvalue weighted by atomic mass is 16.3. The lowest BCUT2D eigenvalue weighted by Crippen LogP contribution is -2.38. The van der Waals surface area contributed by atoms with Gasteiger partial charge >= 0.3 is 0 Å². The molecule has 7 nitrogen and oxygen atoms in total. The Hall–Kier alpha value is -3.45. The van der Waals surface area contributed by atoms with Crippen molar-refractivity contribution in [2.45, 2.75) is 44.4 Å². The minimum atomic E-state index is -0.240. The van der Waals surface area contributed by atoms with Crippen LogP contribution in [0.5, 0.6) is 0 Å². The van der Waals surface area contributed by atoms with E-state index in [1.807, 2.05) is 37.8 Å². The first kappa shape index (κ1) is 20.5. The van der Waals surface area contributed by atoms with Crippen LogP contribution < -0.4 is 5.32 Å². The van der Waals surface area contributed by atoms with E-state index in [9.17, 15) is 9.90 Å². The van der Waals surface area contributed by atoms with Crippen molar-refractivity contribution in [2.24, 2.45) is 7.05 Å². The van der Waals surface area contributed by atoms with Gasteiger partial charge in [0.2, 0.25) is 0 Å². The van der Waals surface area contributed by atoms with E-state index in [1.165, 1.54) is 0 Å². The molecule has 1 aromatic carbocycles. The third kappa shape index (κ3) is 4.16. The highest BCUT2D eigenvalue weighted by molar-refractivity contribution is 6.05. The maximum atomic E-state index is 13.0. The highest BCUT2D eigenvalue weighted by Crippen LogP contribution is 2.24. The summed E-state index contributed by atoms with van der Waals surface area (Å²) >= 11 is 0. The lowest BCUT2D eigenvalue weighted by atomic mass is 9.93. The average molecular weight is 430 g/mol. The van der Waals surface area contributed by atoms with E-state index in [0.29, 0.717) is 17.6 Å². The summed E-state index contributed by atoms with van der Waals surface area (Å²) in [5.74, 6) is -0.0965. The molecule has 1 aliphatic carbocycles. The van der Waals surface area contributed by atoms with Gasteiger partial charge in [-0.1, -0.05) is 24.3 Å². The summed E-state index contributed by atoms with van der Waals surface area (Å²) in [4.78, 5) is 17.5. The Bertz CT molecular complexity index is 1230. The van der Waals surface area contributed by atoms with Gasteiger partial charge in [-0.25, -0.2) is 0 Å². The minimum absolute atomic E-state index is 0.0965. The molecule has 1 saturated carbocycles. The maximum absolute atomic E-state index is 13.0. The van der Waals surface area contributed by atoms with E-state index in [4.69, 9.17) is 0 Å². The summed E-state index contributed by atoms with van der Waals surface area (Å²) in [6, 6.07) is 12.4. The smallest absolute Gasteiger partial charge is 0.255 e. The predicted octanol–water partition coefficient (Wildman–Crippen LogP) is 3.52. The van der Waals surface area contributed by atoms with E-state index >= 15 is 0 Å². The maximum Gasteiger partial charge on any atom is 0.255 e. The number of aliphatic hydroxyl groups excluding tert-OH is 1. The van der Waals surface area contributed by atoms with Crippen molar-refractivity contribution in [3.63, 3.8) is 0 Å². The van der Waals surface area contributed by atoms with Crippen LogP contribution in [0.1, 0.15) is 41.6 Å². The molecule has 2 N–H and O–H groups in total. The molecule has 5 rings (SSSR count). The summed E-state index contributed by atoms with van der Waals surface area (Å²) in [6.07, 6.45) is 10.3. The predicted molar refractivity (Wildman–Crippen MR) is 123 cm³/mol. The summed E-state index contributed by atoms with van der Waals surface area (Å²) in [7, 11) is 1.91. The molecule has 0 radical (unpaired) electrons. The van der Waals surface area contributed by atoms with Gasteiger partial charge in [0.15, 0.2) is 0 Å². The summed E-state index contributed by atoms with van der Waals surface area (Å²) in [6.45, 7) is 0.651. The molecular weight excluding hydrogens is 402 g/mol. The SMILES string of the molecule is Cn1cc(-c2ccc(Cn3cc(C(=O)NC4CCC(O)CC4)c4ncccc43)cc2)cn1. The molecule has 0 atom stereocenters. The van der Waals surface area contributed by atoms with Crippen molar-refractivity contribution in [1.29, 1.82) is 0 Å². The van der Waals surface area contributed by atoms with Crippen LogP contribution in [0.25, 0.3) is 22.2 Å². The third-order valence-electron chi connectivity index (χ3n) is 6.26. The standard InChI is InChI=1S/C25H27N5O2/c1-29-15-19(13-27-29)18-6-4-17(5-7-18)14-30-16-22(24-23(30)3-2-12-26-24)25(32)28-20-8-10-21(31)11-9-20/h2-7,12-13,15-16,20-21,31H,8-11,14H2,1H3,(H,28,32). The number of nitrogens with one attached hydrogen (secondary N) is 1. The fourth-order valence-electron chi connectivity index (χ4n) is 4.47. The first-order valence-corrected chi connectivity index (χ1v) is 11.1. The largest absolute Gasteiger partial charge is 0.393 e. The van der Waals surface area contributed by atoms with Crippen molar-refractivity contribution in [2.75, 3.05) is 0 Å². The zero-order valence-electron chi connectivity index (χ0n) is 18.1. The molecule has 1 aliphatic rings. The molecule has 0 bridgehead atoms. The Morgan fingerprint density at radius 2 is 1.88 bits per heavy atom. The number of pyridine rings is 1. The molecular formula is C25H27N5O2. The fourth-order valence-corrected chi connectivity index (χ4v) is 4.47. The number of fused-ring (bicyclic) bond motifs is 1. The highest BCUT2D eigenvalue weighted by Gasteiger charge is 2.23. The Balaban J connectivity index is 1.37. The van der Waals surface area contributed by atoms with Crippen molar-refractivity contribution < 1.29 is 9.90 Å². The van der Waals surface area contributed by atoms with Gasteiger partial charge in [0.1, 0.15) is 5.52 Å². The van der Waals surface area contributed by atoms with Gasteiger partial charge in [0, 0.05) is 43.8 Å². The van der Waals surface area contributed by atoms with Gasteiger partial charge in [-0.2, -0.15) is 5.10 Å². The van der Waals surface area contributed by atoms with Crippen LogP contribution in [0.3, 0.4) is 0 Å². The van der Waals surface area contributed by atoms with E-state index < -0.39 is 0 Å². The van der Waals surface area contributed by atoms with Gasteiger partial charge in [0.25, 0.3) is 5.91 Å². The van der Waals surface area contributed by atoms with Gasteiger partial charge in [0.05, 0.1) is 23.4 Å². The molecule has 3 heterocycles. The minimum Gasteiger partial charge on any atom is -0.393 e. The third-order valence-corrected chi connectivity index (χ3v) is 6.26. The van der Waals surface area contributed by atoms with Gasteiger partial charge in [-0.15, -0.1) is 0 Å². The number of amides is 1. The summed E-state index contributed by atoms with van der Waals surface area (Å²) < 4.78 is 3.88. The topological polar surface area (TPSA) is 85.0 Å². The van der Waals surface area contributed by atoms with Crippen molar-refractivity contribution in [1.82, 2.24) is 24.6 Å². The van der Waals surface area contributed by atoms with E-state index in [2.05, 4.69) is 44.2 Å². The monoisotopic (exact) mass is 429 g/mol. The summed E-state index contributed by atoms with van der Waals surface area (Å²) in [5, 5.41) is 17.1. The molecule has 1 fully saturated rings. The Labute approximate surface area is 186 Å². The number of aryl methyl sites for hydroxylation is 1. The lowest BCUT2D eigenvalue weighted by molar-refractivity contribution is 0.0869. The molecule has 164 valence electrons. The van der Waals surface area contributed by atoms with Crippen LogP contribution >= 0.6 is 0 Å². The number of aliphatic hydroxyl groups is 1. The van der Waals surface area contributed by atoms with Crippen LogP contribution in [-0.4, -0.2) is 42.5 Å². The van der Waals surface area contributed by atoms with E-state index in [-0.39, 0.29) is 18.1 Å². The quantitative estimate of drug-likeness (QED) is 0.508. The number of aromatic nitrogens is 4. The normalized spacial score (nSPS) is 18.7. The molecule has 0 saturated heterocycles. The zero-order chi connectivity index (χ0) is 22.1. The van der Waals surface area contributed by atoms with Crippen LogP contribution in [0.15, 0.2) is 61.2 Å². The first-order valence-electron chi connectivity index (χ1n) is 11.1. The van der Waals surface area contributed by atoms with E-state index in [0.717, 1.165) is 47.9 Å². The number of carbonyl (C=O) groups is 1. The Morgan fingerprint density at radius 3 is 2.59 bits per heavy atom. The molecule has 1 amide bonds. The molecule has 32 heavy (non-hydrogen) atoms. The zero-order valence-corrected chi connectivity index (χ0v) is 18.1. The molecule has 7 heteroatoms. The molecule has 0 aliphatic heterocycles. The van der Waals surface area contributed by atoms with Crippen LogP contribution in [-0.2, 0) is 13.6 Å². The van der Waals surface area contributed by atoms with Crippen molar-refractivity contribution >= 4 is 16.9 Å². The number of hydrogen-bond donors (Lipinski definition) is 2. The fraction of sp³-hybridized carbons (Fsp3) is 0.320. The van der Waals surface area contributed by atoms with Gasteiger partial charge < -0.3 is 15.0 Å². The molecule has 0 unspecified atom stereocenters. The van der Waals surface area contributed by atoms with Gasteiger partial charge in [-0.3, -0.25) is 14.5 Å². The number of hydrogen-bond acceptors (Lipinski definition) is 4. The molecule has 4 aromatic rings. The average Bonchev–Trinajstić information content (AvgIpc) is 3.40.